The molecule has 14 nitrogen and oxygen atoms in total. The molecule has 4 heterocycles. The number of ether oxygens (including phenoxy) is 2. The lowest BCUT2D eigenvalue weighted by Crippen LogP contribution is -2.54. The van der Waals surface area contributed by atoms with Crippen molar-refractivity contribution < 1.29 is 23.6 Å². The Balaban J connectivity index is 0.913. The lowest BCUT2D eigenvalue weighted by atomic mass is 10.0. The van der Waals surface area contributed by atoms with Crippen LogP contribution in [0.1, 0.15) is 36.6 Å². The van der Waals surface area contributed by atoms with Gasteiger partial charge in [0.25, 0.3) is 0 Å². The highest BCUT2D eigenvalue weighted by Crippen LogP contribution is 2.39. The van der Waals surface area contributed by atoms with Gasteiger partial charge in [0.05, 0.1) is 47.2 Å². The minimum Gasteiger partial charge on any atom is -0.494 e. The van der Waals surface area contributed by atoms with Gasteiger partial charge in [0.15, 0.2) is 5.82 Å². The molecule has 0 aliphatic carbocycles. The molecule has 0 saturated carbocycles. The third kappa shape index (κ3) is 10.2. The molecule has 0 radical (unpaired) electrons. The van der Waals surface area contributed by atoms with Gasteiger partial charge in [0, 0.05) is 62.4 Å². The van der Waals surface area contributed by atoms with Crippen LogP contribution in [0, 0.1) is 6.92 Å². The monoisotopic (exact) mass is 857 g/mol. The second kappa shape index (κ2) is 18.4. The van der Waals surface area contributed by atoms with E-state index in [1.54, 1.807) is 31.8 Å². The number of nitrogens with zero attached hydrogens (tertiary/aromatic N) is 6. The van der Waals surface area contributed by atoms with Gasteiger partial charge in [0.1, 0.15) is 24.0 Å². The number of thiazole rings is 1. The summed E-state index contributed by atoms with van der Waals surface area (Å²) in [5.74, 6) is 1.30. The van der Waals surface area contributed by atoms with Crippen LogP contribution in [0.4, 0.5) is 33.6 Å². The lowest BCUT2D eigenvalue weighted by molar-refractivity contribution is -0.135. The van der Waals surface area contributed by atoms with Crippen molar-refractivity contribution in [3.63, 3.8) is 0 Å². The maximum Gasteiger partial charge on any atom is 0.405 e. The Kier molecular flexibility index (Phi) is 13.1. The Bertz CT molecular complexity index is 2330. The summed E-state index contributed by atoms with van der Waals surface area (Å²) in [6.45, 7) is 9.97. The highest BCUT2D eigenvalue weighted by molar-refractivity contribution is 7.70. The van der Waals surface area contributed by atoms with E-state index in [0.717, 1.165) is 66.4 Å². The van der Waals surface area contributed by atoms with E-state index < -0.39 is 19.3 Å². The zero-order valence-electron chi connectivity index (χ0n) is 33.6. The summed E-state index contributed by atoms with van der Waals surface area (Å²) >= 11 is 8.04. The summed E-state index contributed by atoms with van der Waals surface area (Å²) in [6, 6.07) is 21.5. The van der Waals surface area contributed by atoms with Gasteiger partial charge >= 0.3 is 6.09 Å². The third-order valence-corrected chi connectivity index (χ3v) is 13.6. The summed E-state index contributed by atoms with van der Waals surface area (Å²) in [6.07, 6.45) is 1.85. The molecular formula is C42H49ClN9O5PS. The van der Waals surface area contributed by atoms with E-state index in [-0.39, 0.29) is 12.3 Å². The molecule has 310 valence electrons. The Morgan fingerprint density at radius 2 is 1.69 bits per heavy atom. The van der Waals surface area contributed by atoms with Crippen LogP contribution >= 0.6 is 30.1 Å². The molecule has 4 N–H and O–H groups in total. The number of anilines is 5. The standard InChI is InChI=1S/C42H49ClN9O5PS/c1-27-39(59-26-46-27)29-11-9-28(10-12-29)35(57-41(44)54)24-38(53)52-21-19-51(20-22-52)30-15-17-50(18-16-30)31-13-14-33(36(23-31)56-2)48-42-45-25-32(43)40(49-42)47-34-7-5-6-8-37(34)58(3,4)55/h5-14,23,25-26,30,35H,15-22,24H2,1-4H3,(H2,44,54)(H2,45,47,48,49). The van der Waals surface area contributed by atoms with E-state index in [1.807, 2.05) is 78.0 Å². The first-order valence-corrected chi connectivity index (χ1v) is 23.3. The Labute approximate surface area is 353 Å². The number of amides is 2. The molecule has 0 spiro atoms. The van der Waals surface area contributed by atoms with Gasteiger partial charge in [0.2, 0.25) is 11.9 Å². The summed E-state index contributed by atoms with van der Waals surface area (Å²) in [5.41, 5.74) is 12.4. The van der Waals surface area contributed by atoms with E-state index >= 15 is 0 Å². The number of primary amides is 1. The lowest BCUT2D eigenvalue weighted by Gasteiger charge is -2.43. The first-order valence-electron chi connectivity index (χ1n) is 19.5. The van der Waals surface area contributed by atoms with Crippen LogP contribution in [0.3, 0.4) is 0 Å². The fourth-order valence-electron chi connectivity index (χ4n) is 7.70. The number of aromatic nitrogens is 3. The second-order valence-corrected chi connectivity index (χ2v) is 19.5. The number of hydrogen-bond donors (Lipinski definition) is 3. The summed E-state index contributed by atoms with van der Waals surface area (Å²) in [4.78, 5) is 46.4. The van der Waals surface area contributed by atoms with Crippen LogP contribution in [0.2, 0.25) is 5.02 Å². The predicted octanol–water partition coefficient (Wildman–Crippen LogP) is 7.65. The average molecular weight is 858 g/mol. The van der Waals surface area contributed by atoms with Gasteiger partial charge in [-0.05, 0) is 68.5 Å². The van der Waals surface area contributed by atoms with E-state index in [4.69, 9.17) is 26.8 Å². The maximum atomic E-state index is 13.5. The number of piperidine rings is 1. The zero-order chi connectivity index (χ0) is 41.7. The molecule has 2 saturated heterocycles. The van der Waals surface area contributed by atoms with Crippen molar-refractivity contribution in [3.05, 3.63) is 94.7 Å². The van der Waals surface area contributed by atoms with Crippen LogP contribution < -0.4 is 31.3 Å². The highest BCUT2D eigenvalue weighted by Gasteiger charge is 2.31. The first kappa shape index (κ1) is 41.9. The van der Waals surface area contributed by atoms with E-state index in [1.165, 1.54) is 6.20 Å². The van der Waals surface area contributed by atoms with Crippen LogP contribution in [-0.4, -0.2) is 103 Å². The van der Waals surface area contributed by atoms with Crippen LogP contribution in [0.5, 0.6) is 5.75 Å². The summed E-state index contributed by atoms with van der Waals surface area (Å²) in [5, 5.41) is 7.54. The molecule has 3 aromatic carbocycles. The van der Waals surface area contributed by atoms with Crippen LogP contribution in [0.15, 0.2) is 78.4 Å². The fraction of sp³-hybridized carbons (Fsp3) is 0.357. The maximum absolute atomic E-state index is 13.5. The molecule has 1 atom stereocenters. The molecule has 59 heavy (non-hydrogen) atoms. The number of para-hydroxylation sites is 1. The van der Waals surface area contributed by atoms with Crippen molar-refractivity contribution in [1.29, 1.82) is 0 Å². The molecule has 5 aromatic rings. The number of piperazine rings is 1. The number of nitrogens with one attached hydrogen (secondary N) is 2. The number of methoxy groups -OCH3 is 1. The Morgan fingerprint density at radius 3 is 2.36 bits per heavy atom. The Morgan fingerprint density at radius 1 is 0.966 bits per heavy atom. The van der Waals surface area contributed by atoms with Gasteiger partial charge in [-0.15, -0.1) is 11.3 Å². The molecule has 2 aromatic heterocycles. The predicted molar refractivity (Wildman–Crippen MR) is 236 cm³/mol. The molecule has 2 amide bonds. The molecule has 17 heteroatoms. The molecule has 0 bridgehead atoms. The van der Waals surface area contributed by atoms with Crippen molar-refractivity contribution in [2.24, 2.45) is 5.73 Å². The molecule has 7 rings (SSSR count). The minimum absolute atomic E-state index is 0.0289. The van der Waals surface area contributed by atoms with E-state index in [0.29, 0.717) is 58.3 Å². The van der Waals surface area contributed by atoms with Gasteiger partial charge in [-0.3, -0.25) is 9.69 Å². The molecule has 2 aliphatic rings. The fourth-order valence-corrected chi connectivity index (χ4v) is 9.81. The van der Waals surface area contributed by atoms with Gasteiger partial charge in [-0.1, -0.05) is 48.0 Å². The summed E-state index contributed by atoms with van der Waals surface area (Å²) < 4.78 is 24.1. The van der Waals surface area contributed by atoms with Crippen LogP contribution in [-0.2, 0) is 14.1 Å². The number of aryl methyl sites for hydroxylation is 1. The van der Waals surface area contributed by atoms with Crippen molar-refractivity contribution in [2.45, 2.75) is 38.3 Å². The summed E-state index contributed by atoms with van der Waals surface area (Å²) in [7, 11) is -0.924. The number of nitrogens with two attached hydrogens (primary N) is 1. The number of halogens is 1. The molecular weight excluding hydrogens is 809 g/mol. The molecule has 2 aliphatic heterocycles. The molecule has 2 fully saturated rings. The minimum atomic E-state index is -2.56. The van der Waals surface area contributed by atoms with E-state index in [2.05, 4.69) is 41.5 Å². The second-order valence-electron chi connectivity index (χ2n) is 15.0. The van der Waals surface area contributed by atoms with Crippen molar-refractivity contribution in [3.8, 4) is 16.2 Å². The third-order valence-electron chi connectivity index (χ3n) is 10.8. The number of carbonyl (C=O) groups excluding carboxylic acids is 2. The number of carbonyl (C=O) groups is 2. The van der Waals surface area contributed by atoms with Gasteiger partial charge in [-0.2, -0.15) is 4.98 Å². The molecule has 1 unspecified atom stereocenters. The van der Waals surface area contributed by atoms with Crippen molar-refractivity contribution in [2.75, 3.05) is 75.2 Å². The van der Waals surface area contributed by atoms with Crippen LogP contribution in [0.25, 0.3) is 10.4 Å². The van der Waals surface area contributed by atoms with Gasteiger partial charge in [-0.25, -0.2) is 14.8 Å². The normalized spacial score (nSPS) is 15.7. The largest absolute Gasteiger partial charge is 0.494 e. The van der Waals surface area contributed by atoms with Gasteiger partial charge < -0.3 is 40.2 Å². The van der Waals surface area contributed by atoms with E-state index in [9.17, 15) is 14.2 Å². The quantitative estimate of drug-likeness (QED) is 0.0992. The van der Waals surface area contributed by atoms with Crippen molar-refractivity contribution >= 4 is 76.2 Å². The topological polar surface area (TPSA) is 168 Å². The Hall–Kier alpha value is -5.21. The zero-order valence-corrected chi connectivity index (χ0v) is 36.0. The highest BCUT2D eigenvalue weighted by atomic mass is 35.5. The number of rotatable bonds is 13. The SMILES string of the molecule is COc1cc(N2CCC(N3CCN(C(=O)CC(OC(N)=O)c4ccc(-c5scnc5C)cc4)CC3)CC2)ccc1Nc1ncc(Cl)c(Nc2ccccc2P(C)(C)=O)n1. The number of benzene rings is 3. The first-order chi connectivity index (χ1) is 28.4. The average Bonchev–Trinajstić information content (AvgIpc) is 3.67. The smallest absolute Gasteiger partial charge is 0.405 e. The van der Waals surface area contributed by atoms with Crippen molar-refractivity contribution in [1.82, 2.24) is 24.8 Å². The number of hydrogen-bond acceptors (Lipinski definition) is 13.